The van der Waals surface area contributed by atoms with Crippen LogP contribution in [0.1, 0.15) is 24.3 Å². The van der Waals surface area contributed by atoms with E-state index in [4.69, 9.17) is 5.73 Å². The molecule has 2 N–H and O–H groups in total. The van der Waals surface area contributed by atoms with Crippen LogP contribution in [0.5, 0.6) is 0 Å². The van der Waals surface area contributed by atoms with E-state index in [0.717, 1.165) is 16.0 Å². The molecule has 0 aliphatic heterocycles. The van der Waals surface area contributed by atoms with Gasteiger partial charge in [-0.3, -0.25) is 0 Å². The van der Waals surface area contributed by atoms with E-state index < -0.39 is 0 Å². The van der Waals surface area contributed by atoms with Crippen LogP contribution < -0.4 is 5.73 Å². The summed E-state index contributed by atoms with van der Waals surface area (Å²) >= 11 is 3.30. The lowest BCUT2D eigenvalue weighted by Gasteiger charge is -2.04. The summed E-state index contributed by atoms with van der Waals surface area (Å²) in [5.41, 5.74) is 8.19. The molecule has 0 unspecified atom stereocenters. The van der Waals surface area contributed by atoms with Gasteiger partial charge in [0.25, 0.3) is 0 Å². The highest BCUT2D eigenvalue weighted by molar-refractivity contribution is 9.10. The average Bonchev–Trinajstić information content (AvgIpc) is 3.17. The average molecular weight is 290 g/mol. The van der Waals surface area contributed by atoms with Crippen molar-refractivity contribution < 1.29 is 0 Å². The van der Waals surface area contributed by atoms with Crippen molar-refractivity contribution in [3.63, 3.8) is 0 Å². The highest BCUT2D eigenvalue weighted by atomic mass is 79.9. The summed E-state index contributed by atoms with van der Waals surface area (Å²) in [7, 11) is 0. The van der Waals surface area contributed by atoms with Gasteiger partial charge in [0, 0.05) is 11.8 Å². The van der Waals surface area contributed by atoms with Crippen LogP contribution in [-0.4, -0.2) is 9.97 Å². The van der Waals surface area contributed by atoms with Crippen molar-refractivity contribution >= 4 is 21.7 Å². The van der Waals surface area contributed by atoms with E-state index in [0.29, 0.717) is 11.6 Å². The number of aromatic nitrogens is 2. The number of rotatable bonds is 2. The molecule has 0 atom stereocenters. The summed E-state index contributed by atoms with van der Waals surface area (Å²) in [4.78, 5) is 8.58. The Morgan fingerprint density at radius 3 is 2.82 bits per heavy atom. The number of hydrogen-bond acceptors (Lipinski definition) is 3. The summed E-state index contributed by atoms with van der Waals surface area (Å²) in [6.07, 6.45) is 4.29. The molecule has 86 valence electrons. The zero-order valence-electron chi connectivity index (χ0n) is 9.23. The van der Waals surface area contributed by atoms with Crippen molar-refractivity contribution in [1.29, 1.82) is 0 Å². The lowest BCUT2D eigenvalue weighted by molar-refractivity contribution is 1.12. The monoisotopic (exact) mass is 289 g/mol. The first-order valence-corrected chi connectivity index (χ1v) is 6.41. The van der Waals surface area contributed by atoms with Crippen LogP contribution in [0.3, 0.4) is 0 Å². The Morgan fingerprint density at radius 2 is 2.12 bits per heavy atom. The van der Waals surface area contributed by atoms with Gasteiger partial charge in [0.2, 0.25) is 0 Å². The highest BCUT2D eigenvalue weighted by Crippen LogP contribution is 2.40. The number of hydrogen-bond donors (Lipinski definition) is 1. The minimum Gasteiger partial charge on any atom is -0.383 e. The maximum Gasteiger partial charge on any atom is 0.161 e. The van der Waals surface area contributed by atoms with E-state index in [-0.39, 0.29) is 0 Å². The molecule has 1 fully saturated rings. The highest BCUT2D eigenvalue weighted by Gasteiger charge is 2.23. The fraction of sp³-hybridized carbons (Fsp3) is 0.231. The molecule has 0 radical (unpaired) electrons. The number of nitrogens with two attached hydrogens (primary N) is 1. The van der Waals surface area contributed by atoms with Crippen molar-refractivity contribution in [1.82, 2.24) is 9.97 Å². The van der Waals surface area contributed by atoms with Crippen LogP contribution >= 0.6 is 15.9 Å². The standard InChI is InChI=1S/C13H12BrN3/c14-11-7-16-13(17-12(11)15)10-3-1-2-9(6-10)8-4-5-8/h1-3,6-8H,4-5H2,(H2,15,16,17). The minimum absolute atomic E-state index is 0.479. The van der Waals surface area contributed by atoms with Gasteiger partial charge in [-0.15, -0.1) is 0 Å². The zero-order valence-corrected chi connectivity index (χ0v) is 10.8. The molecule has 1 aliphatic rings. The second-order valence-corrected chi connectivity index (χ2v) is 5.18. The quantitative estimate of drug-likeness (QED) is 0.922. The molecule has 0 amide bonds. The van der Waals surface area contributed by atoms with Crippen molar-refractivity contribution in [2.75, 3.05) is 5.73 Å². The molecule has 0 spiro atoms. The third-order valence-electron chi connectivity index (χ3n) is 2.96. The van der Waals surface area contributed by atoms with Crippen LogP contribution in [-0.2, 0) is 0 Å². The van der Waals surface area contributed by atoms with Crippen LogP contribution in [0, 0.1) is 0 Å². The molecule has 0 bridgehead atoms. The Kier molecular flexibility index (Phi) is 2.59. The van der Waals surface area contributed by atoms with Gasteiger partial charge in [-0.05, 0) is 46.3 Å². The third-order valence-corrected chi connectivity index (χ3v) is 3.58. The molecule has 3 rings (SSSR count). The van der Waals surface area contributed by atoms with Gasteiger partial charge in [0.1, 0.15) is 5.82 Å². The van der Waals surface area contributed by atoms with Gasteiger partial charge in [-0.2, -0.15) is 0 Å². The lowest BCUT2D eigenvalue weighted by Crippen LogP contribution is -1.96. The molecule has 3 nitrogen and oxygen atoms in total. The predicted octanol–water partition coefficient (Wildman–Crippen LogP) is 3.37. The largest absolute Gasteiger partial charge is 0.383 e. The van der Waals surface area contributed by atoms with E-state index in [2.05, 4.69) is 44.1 Å². The van der Waals surface area contributed by atoms with Gasteiger partial charge in [-0.1, -0.05) is 18.2 Å². The summed E-state index contributed by atoms with van der Waals surface area (Å²) in [6.45, 7) is 0. The molecule has 1 aromatic carbocycles. The molecule has 2 aromatic rings. The van der Waals surface area contributed by atoms with Crippen LogP contribution in [0.4, 0.5) is 5.82 Å². The van der Waals surface area contributed by atoms with Crippen LogP contribution in [0.15, 0.2) is 34.9 Å². The number of halogens is 1. The van der Waals surface area contributed by atoms with Gasteiger partial charge in [-0.25, -0.2) is 9.97 Å². The van der Waals surface area contributed by atoms with Gasteiger partial charge in [0.15, 0.2) is 5.82 Å². The Balaban J connectivity index is 2.01. The normalized spacial score (nSPS) is 14.9. The fourth-order valence-corrected chi connectivity index (χ4v) is 2.06. The van der Waals surface area contributed by atoms with Crippen LogP contribution in [0.2, 0.25) is 0 Å². The maximum atomic E-state index is 5.77. The number of anilines is 1. The van der Waals surface area contributed by atoms with E-state index in [9.17, 15) is 0 Å². The Bertz CT molecular complexity index is 564. The molecule has 1 aliphatic carbocycles. The van der Waals surface area contributed by atoms with Crippen LogP contribution in [0.25, 0.3) is 11.4 Å². The second-order valence-electron chi connectivity index (χ2n) is 4.33. The van der Waals surface area contributed by atoms with Crippen molar-refractivity contribution in [3.05, 3.63) is 40.5 Å². The first-order valence-electron chi connectivity index (χ1n) is 5.62. The number of benzene rings is 1. The number of nitrogens with zero attached hydrogens (tertiary/aromatic N) is 2. The summed E-state index contributed by atoms with van der Waals surface area (Å²) in [5.74, 6) is 1.91. The predicted molar refractivity (Wildman–Crippen MR) is 71.6 cm³/mol. The zero-order chi connectivity index (χ0) is 11.8. The molecule has 0 saturated heterocycles. The van der Waals surface area contributed by atoms with E-state index >= 15 is 0 Å². The fourth-order valence-electron chi connectivity index (χ4n) is 1.87. The molecule has 1 aromatic heterocycles. The molecule has 1 heterocycles. The second kappa shape index (κ2) is 4.11. The van der Waals surface area contributed by atoms with Gasteiger partial charge in [0.05, 0.1) is 4.47 Å². The molecule has 4 heteroatoms. The van der Waals surface area contributed by atoms with Crippen molar-refractivity contribution in [2.45, 2.75) is 18.8 Å². The molecule has 1 saturated carbocycles. The lowest BCUT2D eigenvalue weighted by atomic mass is 10.1. The van der Waals surface area contributed by atoms with Gasteiger partial charge < -0.3 is 5.73 Å². The molecular weight excluding hydrogens is 278 g/mol. The van der Waals surface area contributed by atoms with E-state index in [1.54, 1.807) is 6.20 Å². The Morgan fingerprint density at radius 1 is 1.29 bits per heavy atom. The summed E-state index contributed by atoms with van der Waals surface area (Å²) in [6, 6.07) is 8.42. The maximum absolute atomic E-state index is 5.77. The van der Waals surface area contributed by atoms with Gasteiger partial charge >= 0.3 is 0 Å². The van der Waals surface area contributed by atoms with E-state index in [1.165, 1.54) is 18.4 Å². The first-order chi connectivity index (χ1) is 8.24. The minimum atomic E-state index is 0.479. The SMILES string of the molecule is Nc1nc(-c2cccc(C3CC3)c2)ncc1Br. The van der Waals surface area contributed by atoms with Crippen molar-refractivity contribution in [3.8, 4) is 11.4 Å². The Labute approximate surface area is 108 Å². The first kappa shape index (κ1) is 10.7. The van der Waals surface area contributed by atoms with Crippen molar-refractivity contribution in [2.24, 2.45) is 0 Å². The Hall–Kier alpha value is -1.42. The number of nitrogen functional groups attached to an aromatic ring is 1. The summed E-state index contributed by atoms with van der Waals surface area (Å²) < 4.78 is 0.736. The molecule has 17 heavy (non-hydrogen) atoms. The summed E-state index contributed by atoms with van der Waals surface area (Å²) in [5, 5.41) is 0. The molecular formula is C13H12BrN3. The smallest absolute Gasteiger partial charge is 0.161 e. The van der Waals surface area contributed by atoms with E-state index in [1.807, 2.05) is 6.07 Å². The third kappa shape index (κ3) is 2.17. The topological polar surface area (TPSA) is 51.8 Å².